The van der Waals surface area contributed by atoms with Crippen molar-refractivity contribution in [3.8, 4) is 21.0 Å². The number of aliphatic imine (C=N–C) groups is 1. The molecule has 0 bridgehead atoms. The number of thiazole rings is 1. The van der Waals surface area contributed by atoms with E-state index in [-0.39, 0.29) is 0 Å². The van der Waals surface area contributed by atoms with Crippen LogP contribution in [0, 0.1) is 0 Å². The number of hydrogen-bond donors (Lipinski definition) is 0. The molecule has 4 heteroatoms. The van der Waals surface area contributed by atoms with Gasteiger partial charge in [0.05, 0.1) is 4.88 Å². The summed E-state index contributed by atoms with van der Waals surface area (Å²) in [6.07, 6.45) is 1.58. The van der Waals surface area contributed by atoms with E-state index >= 15 is 0 Å². The van der Waals surface area contributed by atoms with E-state index in [2.05, 4.69) is 9.98 Å². The first-order valence-electron chi connectivity index (χ1n) is 6.08. The quantitative estimate of drug-likeness (QED) is 0.525. The molecule has 20 heavy (non-hydrogen) atoms. The van der Waals surface area contributed by atoms with Crippen LogP contribution < -0.4 is 0 Å². The third-order valence-electron chi connectivity index (χ3n) is 2.82. The lowest BCUT2D eigenvalue weighted by Crippen LogP contribution is -1.74. The van der Waals surface area contributed by atoms with Crippen molar-refractivity contribution in [2.24, 2.45) is 4.99 Å². The molecule has 96 valence electrons. The van der Waals surface area contributed by atoms with Crippen molar-refractivity contribution in [3.63, 3.8) is 0 Å². The second-order valence-corrected chi connectivity index (χ2v) is 5.11. The van der Waals surface area contributed by atoms with Crippen LogP contribution in [-0.4, -0.2) is 11.1 Å². The van der Waals surface area contributed by atoms with Gasteiger partial charge in [-0.15, -0.1) is 16.3 Å². The molecule has 0 saturated carbocycles. The first-order valence-corrected chi connectivity index (χ1v) is 6.89. The summed E-state index contributed by atoms with van der Waals surface area (Å²) in [5.74, 6) is 0.426. The minimum Gasteiger partial charge on any atom is -0.215 e. The smallest absolute Gasteiger partial charge is 0.215 e. The van der Waals surface area contributed by atoms with Crippen molar-refractivity contribution in [3.05, 3.63) is 60.7 Å². The Hall–Kier alpha value is -2.55. The van der Waals surface area contributed by atoms with Crippen molar-refractivity contribution >= 4 is 23.2 Å². The summed E-state index contributed by atoms with van der Waals surface area (Å²) in [6, 6.07) is 19.7. The zero-order valence-electron chi connectivity index (χ0n) is 10.5. The Morgan fingerprint density at radius 1 is 0.900 bits per heavy atom. The monoisotopic (exact) mass is 278 g/mol. The van der Waals surface area contributed by atoms with Crippen molar-refractivity contribution in [1.82, 2.24) is 4.98 Å². The first-order chi connectivity index (χ1) is 9.88. The van der Waals surface area contributed by atoms with Gasteiger partial charge >= 0.3 is 0 Å². The molecule has 0 spiro atoms. The molecule has 2 aromatic carbocycles. The second-order valence-electron chi connectivity index (χ2n) is 4.11. The van der Waals surface area contributed by atoms with Crippen LogP contribution in [0.5, 0.6) is 0 Å². The molecule has 0 amide bonds. The summed E-state index contributed by atoms with van der Waals surface area (Å²) in [5.41, 5.74) is 2.02. The first kappa shape index (κ1) is 12.5. The van der Waals surface area contributed by atoms with E-state index in [1.807, 2.05) is 60.7 Å². The highest BCUT2D eigenvalue weighted by molar-refractivity contribution is 7.19. The van der Waals surface area contributed by atoms with Crippen LogP contribution in [0.15, 0.2) is 65.7 Å². The average Bonchev–Trinajstić information content (AvgIpc) is 2.94. The van der Waals surface area contributed by atoms with Crippen LogP contribution in [0.1, 0.15) is 0 Å². The summed E-state index contributed by atoms with van der Waals surface area (Å²) >= 11 is 1.52. The van der Waals surface area contributed by atoms with E-state index in [0.717, 1.165) is 21.0 Å². The average molecular weight is 278 g/mol. The van der Waals surface area contributed by atoms with Crippen LogP contribution in [0.4, 0.5) is 5.82 Å². The van der Waals surface area contributed by atoms with E-state index in [1.54, 1.807) is 6.08 Å². The number of hydrogen-bond acceptors (Lipinski definition) is 4. The minimum absolute atomic E-state index is 0.426. The van der Waals surface area contributed by atoms with E-state index in [0.29, 0.717) is 5.82 Å². The molecule has 3 nitrogen and oxygen atoms in total. The fourth-order valence-electron chi connectivity index (χ4n) is 1.91. The predicted molar refractivity (Wildman–Crippen MR) is 80.8 cm³/mol. The summed E-state index contributed by atoms with van der Waals surface area (Å²) in [5, 5.41) is 0.846. The molecule has 0 aliphatic rings. The molecular weight excluding hydrogens is 268 g/mol. The lowest BCUT2D eigenvalue weighted by Gasteiger charge is -1.96. The number of benzene rings is 2. The molecule has 0 N–H and O–H groups in total. The molecule has 0 unspecified atom stereocenters. The summed E-state index contributed by atoms with van der Waals surface area (Å²) in [6.45, 7) is 0. The van der Waals surface area contributed by atoms with Gasteiger partial charge in [-0.1, -0.05) is 60.7 Å². The highest BCUT2D eigenvalue weighted by Gasteiger charge is 2.13. The molecule has 0 saturated heterocycles. The van der Waals surface area contributed by atoms with Gasteiger partial charge in [-0.2, -0.15) is 0 Å². The summed E-state index contributed by atoms with van der Waals surface area (Å²) < 4.78 is 0. The Balaban J connectivity index is 2.15. The largest absolute Gasteiger partial charge is 0.242 e. The zero-order chi connectivity index (χ0) is 13.8. The van der Waals surface area contributed by atoms with Crippen LogP contribution in [0.25, 0.3) is 21.0 Å². The van der Waals surface area contributed by atoms with Gasteiger partial charge in [0, 0.05) is 5.56 Å². The third kappa shape index (κ3) is 2.43. The van der Waals surface area contributed by atoms with Gasteiger partial charge in [-0.3, -0.25) is 0 Å². The third-order valence-corrected chi connectivity index (χ3v) is 3.96. The molecule has 0 aliphatic heterocycles. The van der Waals surface area contributed by atoms with Gasteiger partial charge in [0.15, 0.2) is 5.82 Å². The second kappa shape index (κ2) is 5.61. The van der Waals surface area contributed by atoms with E-state index in [4.69, 9.17) is 0 Å². The SMILES string of the molecule is O=C=Nc1nc(-c2ccccc2)sc1-c1ccccc1. The number of rotatable bonds is 3. The highest BCUT2D eigenvalue weighted by atomic mass is 32.1. The van der Waals surface area contributed by atoms with Gasteiger partial charge in [0.1, 0.15) is 5.01 Å². The van der Waals surface area contributed by atoms with Crippen molar-refractivity contribution in [2.75, 3.05) is 0 Å². The van der Waals surface area contributed by atoms with Crippen molar-refractivity contribution in [1.29, 1.82) is 0 Å². The van der Waals surface area contributed by atoms with Gasteiger partial charge in [0.2, 0.25) is 6.08 Å². The van der Waals surface area contributed by atoms with Crippen molar-refractivity contribution in [2.45, 2.75) is 0 Å². The van der Waals surface area contributed by atoms with E-state index < -0.39 is 0 Å². The van der Waals surface area contributed by atoms with Gasteiger partial charge in [-0.25, -0.2) is 9.78 Å². The van der Waals surface area contributed by atoms with Crippen LogP contribution in [0.3, 0.4) is 0 Å². The Kier molecular flexibility index (Phi) is 3.50. The van der Waals surface area contributed by atoms with Gasteiger partial charge in [0.25, 0.3) is 0 Å². The molecule has 1 aromatic heterocycles. The lowest BCUT2D eigenvalue weighted by molar-refractivity contribution is 0.565. The zero-order valence-corrected chi connectivity index (χ0v) is 11.3. The van der Waals surface area contributed by atoms with Gasteiger partial charge < -0.3 is 0 Å². The van der Waals surface area contributed by atoms with Gasteiger partial charge in [-0.05, 0) is 5.56 Å². The normalized spacial score (nSPS) is 10.0. The Morgan fingerprint density at radius 2 is 1.50 bits per heavy atom. The Morgan fingerprint density at radius 3 is 2.10 bits per heavy atom. The molecule has 0 fully saturated rings. The molecular formula is C16H10N2OS. The standard InChI is InChI=1S/C16H10N2OS/c19-11-17-15-14(12-7-3-1-4-8-12)20-16(18-15)13-9-5-2-6-10-13/h1-10H. The summed E-state index contributed by atoms with van der Waals surface area (Å²) in [4.78, 5) is 19.6. The molecule has 0 aliphatic carbocycles. The van der Waals surface area contributed by atoms with Crippen LogP contribution in [-0.2, 0) is 4.79 Å². The molecule has 0 radical (unpaired) electrons. The minimum atomic E-state index is 0.426. The van der Waals surface area contributed by atoms with E-state index in [9.17, 15) is 4.79 Å². The highest BCUT2D eigenvalue weighted by Crippen LogP contribution is 2.39. The van der Waals surface area contributed by atoms with Crippen LogP contribution in [0.2, 0.25) is 0 Å². The number of carbonyl (C=O) groups excluding carboxylic acids is 1. The number of aromatic nitrogens is 1. The molecule has 3 aromatic rings. The summed E-state index contributed by atoms with van der Waals surface area (Å²) in [7, 11) is 0. The topological polar surface area (TPSA) is 42.3 Å². The molecule has 1 heterocycles. The maximum atomic E-state index is 10.6. The molecule has 0 atom stereocenters. The predicted octanol–water partition coefficient (Wildman–Crippen LogP) is 4.44. The van der Waals surface area contributed by atoms with Crippen molar-refractivity contribution < 1.29 is 4.79 Å². The molecule has 3 rings (SSSR count). The Labute approximate surface area is 120 Å². The fraction of sp³-hybridized carbons (Fsp3) is 0. The van der Waals surface area contributed by atoms with Crippen LogP contribution >= 0.6 is 11.3 Å². The lowest BCUT2D eigenvalue weighted by atomic mass is 10.2. The maximum Gasteiger partial charge on any atom is 0.242 e. The number of nitrogens with zero attached hydrogens (tertiary/aromatic N) is 2. The van der Waals surface area contributed by atoms with E-state index in [1.165, 1.54) is 11.3 Å². The number of isocyanates is 1. The maximum absolute atomic E-state index is 10.6. The Bertz CT molecular complexity index is 760. The fourth-order valence-corrected chi connectivity index (χ4v) is 2.93.